The van der Waals surface area contributed by atoms with Crippen molar-refractivity contribution in [3.05, 3.63) is 17.5 Å². The van der Waals surface area contributed by atoms with E-state index in [1.165, 1.54) is 51.3 Å². The van der Waals surface area contributed by atoms with Gasteiger partial charge in [-0.3, -0.25) is 0 Å². The van der Waals surface area contributed by atoms with Gasteiger partial charge in [-0.15, -0.1) is 0 Å². The van der Waals surface area contributed by atoms with Gasteiger partial charge in [0.1, 0.15) is 0 Å². The fourth-order valence-corrected chi connectivity index (χ4v) is 3.79. The molecule has 0 spiro atoms. The van der Waals surface area contributed by atoms with Gasteiger partial charge in [0.25, 0.3) is 0 Å². The number of hydrogen-bond acceptors (Lipinski definition) is 5. The topological polar surface area (TPSA) is 78.3 Å². The van der Waals surface area contributed by atoms with Gasteiger partial charge < -0.3 is 15.3 Å². The van der Waals surface area contributed by atoms with Crippen LogP contribution in [0.1, 0.15) is 48.3 Å². The van der Waals surface area contributed by atoms with Crippen molar-refractivity contribution in [2.24, 2.45) is 5.92 Å². The second-order valence-electron chi connectivity index (χ2n) is 6.41. The van der Waals surface area contributed by atoms with Crippen LogP contribution < -0.4 is 5.32 Å². The molecule has 0 bridgehead atoms. The van der Waals surface area contributed by atoms with E-state index in [2.05, 4.69) is 20.2 Å². The molecular formula is C16H24N4O2. The predicted octanol–water partition coefficient (Wildman–Crippen LogP) is 2.16. The summed E-state index contributed by atoms with van der Waals surface area (Å²) in [5.74, 6) is 0.0291. The molecule has 0 aliphatic carbocycles. The van der Waals surface area contributed by atoms with Gasteiger partial charge in [-0.25, -0.2) is 14.8 Å². The molecule has 120 valence electrons. The molecule has 0 saturated carbocycles. The lowest BCUT2D eigenvalue weighted by Gasteiger charge is -2.44. The summed E-state index contributed by atoms with van der Waals surface area (Å²) in [6.45, 7) is 5.07. The van der Waals surface area contributed by atoms with Crippen molar-refractivity contribution in [2.45, 2.75) is 45.1 Å². The van der Waals surface area contributed by atoms with Crippen molar-refractivity contribution in [3.63, 3.8) is 0 Å². The number of nitrogens with one attached hydrogen (secondary N) is 1. The molecular weight excluding hydrogens is 280 g/mol. The zero-order chi connectivity index (χ0) is 15.5. The second-order valence-corrected chi connectivity index (χ2v) is 6.41. The fourth-order valence-electron chi connectivity index (χ4n) is 3.79. The van der Waals surface area contributed by atoms with E-state index in [1.807, 2.05) is 0 Å². The minimum Gasteiger partial charge on any atom is -0.477 e. The predicted molar refractivity (Wildman–Crippen MR) is 84.2 cm³/mol. The van der Waals surface area contributed by atoms with Crippen LogP contribution in [-0.2, 0) is 0 Å². The molecule has 2 fully saturated rings. The average molecular weight is 304 g/mol. The summed E-state index contributed by atoms with van der Waals surface area (Å²) in [5, 5.41) is 12.4. The third-order valence-electron chi connectivity index (χ3n) is 4.82. The molecule has 0 amide bonds. The quantitative estimate of drug-likeness (QED) is 0.887. The molecule has 0 aromatic carbocycles. The number of fused-ring (bicyclic) bond motifs is 1. The number of rotatable bonds is 4. The molecule has 2 N–H and O–H groups in total. The Morgan fingerprint density at radius 2 is 2.14 bits per heavy atom. The number of hydrogen-bond donors (Lipinski definition) is 2. The molecule has 2 atom stereocenters. The van der Waals surface area contributed by atoms with Crippen molar-refractivity contribution >= 4 is 11.9 Å². The Bertz CT molecular complexity index is 547. The van der Waals surface area contributed by atoms with Crippen LogP contribution >= 0.6 is 0 Å². The number of nitrogens with zero attached hydrogens (tertiary/aromatic N) is 3. The van der Waals surface area contributed by atoms with Crippen LogP contribution in [0.5, 0.6) is 0 Å². The molecule has 1 aromatic rings. The van der Waals surface area contributed by atoms with Crippen LogP contribution in [-0.4, -0.2) is 51.6 Å². The Kier molecular flexibility index (Phi) is 4.57. The highest BCUT2D eigenvalue weighted by Gasteiger charge is 2.32. The van der Waals surface area contributed by atoms with E-state index in [0.29, 0.717) is 23.6 Å². The van der Waals surface area contributed by atoms with E-state index in [4.69, 9.17) is 5.11 Å². The van der Waals surface area contributed by atoms with Gasteiger partial charge in [0.15, 0.2) is 5.69 Å². The lowest BCUT2D eigenvalue weighted by atomic mass is 9.83. The lowest BCUT2D eigenvalue weighted by Crippen LogP contribution is -2.49. The smallest absolute Gasteiger partial charge is 0.354 e. The molecule has 2 aliphatic rings. The van der Waals surface area contributed by atoms with E-state index >= 15 is 0 Å². The van der Waals surface area contributed by atoms with Gasteiger partial charge in [-0.2, -0.15) is 0 Å². The van der Waals surface area contributed by atoms with E-state index in [0.717, 1.165) is 6.54 Å². The number of aromatic carboxylic acids is 1. The van der Waals surface area contributed by atoms with Crippen molar-refractivity contribution in [2.75, 3.05) is 25.0 Å². The van der Waals surface area contributed by atoms with Crippen molar-refractivity contribution < 1.29 is 9.90 Å². The zero-order valence-corrected chi connectivity index (χ0v) is 13.1. The third kappa shape index (κ3) is 3.38. The van der Waals surface area contributed by atoms with Gasteiger partial charge in [0.2, 0.25) is 5.95 Å². The largest absolute Gasteiger partial charge is 0.477 e. The molecule has 6 heteroatoms. The van der Waals surface area contributed by atoms with E-state index < -0.39 is 5.97 Å². The van der Waals surface area contributed by atoms with Gasteiger partial charge in [-0.05, 0) is 57.7 Å². The Morgan fingerprint density at radius 3 is 2.95 bits per heavy atom. The first-order valence-electron chi connectivity index (χ1n) is 8.20. The van der Waals surface area contributed by atoms with Gasteiger partial charge >= 0.3 is 5.97 Å². The number of aromatic nitrogens is 2. The van der Waals surface area contributed by atoms with E-state index in [1.54, 1.807) is 6.92 Å². The summed E-state index contributed by atoms with van der Waals surface area (Å²) in [6, 6.07) is 2.16. The lowest BCUT2D eigenvalue weighted by molar-refractivity contribution is 0.0648. The summed E-state index contributed by atoms with van der Waals surface area (Å²) >= 11 is 0. The maximum atomic E-state index is 11.1. The number of anilines is 1. The minimum atomic E-state index is -1.01. The van der Waals surface area contributed by atoms with E-state index in [-0.39, 0.29) is 5.69 Å². The Hall–Kier alpha value is -1.69. The Labute approximate surface area is 131 Å². The summed E-state index contributed by atoms with van der Waals surface area (Å²) in [6.07, 6.45) is 6.40. The molecule has 2 saturated heterocycles. The Morgan fingerprint density at radius 1 is 1.32 bits per heavy atom. The second kappa shape index (κ2) is 6.60. The number of carboxylic acid groups (broad SMARTS) is 1. The molecule has 6 nitrogen and oxygen atoms in total. The first-order chi connectivity index (χ1) is 10.6. The first-order valence-corrected chi connectivity index (χ1v) is 8.20. The monoisotopic (exact) mass is 304 g/mol. The molecule has 1 aromatic heterocycles. The number of carbonyl (C=O) groups is 1. The highest BCUT2D eigenvalue weighted by molar-refractivity contribution is 5.85. The fraction of sp³-hybridized carbons (Fsp3) is 0.688. The van der Waals surface area contributed by atoms with Crippen molar-refractivity contribution in [1.82, 2.24) is 14.9 Å². The molecule has 0 radical (unpaired) electrons. The SMILES string of the molecule is Cc1cc(C(=O)O)nc(NC[C@@H]2CCCN3CCCC[C@H]23)n1. The number of aryl methyl sites for hydroxylation is 1. The molecule has 2 aliphatic heterocycles. The van der Waals surface area contributed by atoms with Crippen LogP contribution in [0.2, 0.25) is 0 Å². The number of piperidine rings is 2. The average Bonchev–Trinajstić information content (AvgIpc) is 2.52. The highest BCUT2D eigenvalue weighted by atomic mass is 16.4. The van der Waals surface area contributed by atoms with E-state index in [9.17, 15) is 4.79 Å². The normalized spacial score (nSPS) is 25.5. The molecule has 3 heterocycles. The molecule has 22 heavy (non-hydrogen) atoms. The molecule has 3 rings (SSSR count). The molecule has 0 unspecified atom stereocenters. The van der Waals surface area contributed by atoms with Crippen molar-refractivity contribution in [3.8, 4) is 0 Å². The number of carboxylic acids is 1. The summed E-state index contributed by atoms with van der Waals surface area (Å²) in [5.41, 5.74) is 0.732. The maximum absolute atomic E-state index is 11.1. The maximum Gasteiger partial charge on any atom is 0.354 e. The summed E-state index contributed by atoms with van der Waals surface area (Å²) in [7, 11) is 0. The van der Waals surface area contributed by atoms with Crippen LogP contribution in [0, 0.1) is 12.8 Å². The minimum absolute atomic E-state index is 0.0536. The highest BCUT2D eigenvalue weighted by Crippen LogP contribution is 2.30. The van der Waals surface area contributed by atoms with Gasteiger partial charge in [0.05, 0.1) is 0 Å². The van der Waals surface area contributed by atoms with Crippen molar-refractivity contribution in [1.29, 1.82) is 0 Å². The standard InChI is InChI=1S/C16H24N4O2/c1-11-9-13(15(21)22)19-16(18-11)17-10-12-5-4-8-20-7-3-2-6-14(12)20/h9,12,14H,2-8,10H2,1H3,(H,21,22)(H,17,18,19)/t12-,14+/m0/s1. The van der Waals surface area contributed by atoms with Crippen LogP contribution in [0.25, 0.3) is 0 Å². The van der Waals surface area contributed by atoms with Gasteiger partial charge in [0, 0.05) is 18.3 Å². The first kappa shape index (κ1) is 15.2. The third-order valence-corrected chi connectivity index (χ3v) is 4.82. The Balaban J connectivity index is 1.65. The van der Waals surface area contributed by atoms with Gasteiger partial charge in [-0.1, -0.05) is 6.42 Å². The van der Waals surface area contributed by atoms with Crippen LogP contribution in [0.3, 0.4) is 0 Å². The summed E-state index contributed by atoms with van der Waals surface area (Å²) in [4.78, 5) is 22.1. The van der Waals surface area contributed by atoms with Crippen LogP contribution in [0.15, 0.2) is 6.07 Å². The zero-order valence-electron chi connectivity index (χ0n) is 13.1. The summed E-state index contributed by atoms with van der Waals surface area (Å²) < 4.78 is 0. The van der Waals surface area contributed by atoms with Crippen LogP contribution in [0.4, 0.5) is 5.95 Å².